The van der Waals surface area contributed by atoms with Crippen molar-refractivity contribution >= 4 is 37.5 Å². The highest BCUT2D eigenvalue weighted by Crippen LogP contribution is 2.21. The Bertz CT molecular complexity index is 501. The molecule has 1 unspecified atom stereocenters. The average molecular weight is 353 g/mol. The molecular weight excluding hydrogens is 336 g/mol. The van der Waals surface area contributed by atoms with Crippen LogP contribution in [0.2, 0.25) is 0 Å². The minimum Gasteiger partial charge on any atom is -0.197 e. The smallest absolute Gasteiger partial charge is 0.197 e. The molecular formula is C11H17BrN2O2S2. The van der Waals surface area contributed by atoms with E-state index in [1.54, 1.807) is 15.6 Å². The third-order valence-electron chi connectivity index (χ3n) is 3.01. The maximum absolute atomic E-state index is 12.1. The molecule has 0 saturated carbocycles. The first-order valence-corrected chi connectivity index (χ1v) is 9.06. The van der Waals surface area contributed by atoms with E-state index < -0.39 is 10.2 Å². The van der Waals surface area contributed by atoms with Gasteiger partial charge in [-0.15, -0.1) is 11.3 Å². The van der Waals surface area contributed by atoms with E-state index >= 15 is 0 Å². The van der Waals surface area contributed by atoms with E-state index in [4.69, 9.17) is 0 Å². The first-order chi connectivity index (χ1) is 8.47. The Hall–Kier alpha value is 0.0500. The maximum atomic E-state index is 12.1. The molecule has 1 aromatic heterocycles. The van der Waals surface area contributed by atoms with Crippen LogP contribution >= 0.6 is 27.3 Å². The predicted molar refractivity (Wildman–Crippen MR) is 77.7 cm³/mol. The minimum absolute atomic E-state index is 0.365. The van der Waals surface area contributed by atoms with Crippen molar-refractivity contribution in [3.05, 3.63) is 20.8 Å². The second-order valence-corrected chi connectivity index (χ2v) is 8.33. The van der Waals surface area contributed by atoms with Gasteiger partial charge in [-0.3, -0.25) is 0 Å². The minimum atomic E-state index is -3.33. The Balaban J connectivity index is 1.94. The lowest BCUT2D eigenvalue weighted by Crippen LogP contribution is -2.45. The molecule has 1 aliphatic rings. The van der Waals surface area contributed by atoms with Crippen molar-refractivity contribution in [3.8, 4) is 0 Å². The van der Waals surface area contributed by atoms with E-state index in [1.165, 1.54) is 0 Å². The lowest BCUT2D eigenvalue weighted by atomic mass is 10.0. The number of hydrogen-bond donors (Lipinski definition) is 1. The van der Waals surface area contributed by atoms with Crippen LogP contribution in [0.5, 0.6) is 0 Å². The molecule has 0 spiro atoms. The molecule has 18 heavy (non-hydrogen) atoms. The summed E-state index contributed by atoms with van der Waals surface area (Å²) in [5.41, 5.74) is 0. The summed E-state index contributed by atoms with van der Waals surface area (Å²) in [6.07, 6.45) is 2.07. The van der Waals surface area contributed by atoms with Gasteiger partial charge in [-0.2, -0.15) is 17.4 Å². The molecule has 1 fully saturated rings. The van der Waals surface area contributed by atoms with Crippen molar-refractivity contribution in [2.24, 2.45) is 5.92 Å². The summed E-state index contributed by atoms with van der Waals surface area (Å²) in [4.78, 5) is 1.01. The average Bonchev–Trinajstić information content (AvgIpc) is 2.73. The summed E-state index contributed by atoms with van der Waals surface area (Å²) in [7, 11) is -3.33. The van der Waals surface area contributed by atoms with Gasteiger partial charge in [0.15, 0.2) is 0 Å². The predicted octanol–water partition coefficient (Wildman–Crippen LogP) is 2.58. The Kier molecular flexibility index (Phi) is 4.82. The van der Waals surface area contributed by atoms with E-state index in [2.05, 4.69) is 27.6 Å². The number of nitrogens with one attached hydrogen (secondary N) is 1. The largest absolute Gasteiger partial charge is 0.279 e. The second kappa shape index (κ2) is 6.00. The third-order valence-corrected chi connectivity index (χ3v) is 6.23. The summed E-state index contributed by atoms with van der Waals surface area (Å²) in [5.74, 6) is 0.450. The zero-order chi connectivity index (χ0) is 13.2. The molecule has 1 aromatic rings. The lowest BCUT2D eigenvalue weighted by Gasteiger charge is -2.29. The number of halogens is 1. The number of nitrogens with zero attached hydrogens (tertiary/aromatic N) is 1. The fraction of sp³-hybridized carbons (Fsp3) is 0.636. The Morgan fingerprint density at radius 1 is 1.61 bits per heavy atom. The lowest BCUT2D eigenvalue weighted by molar-refractivity contribution is 0.278. The van der Waals surface area contributed by atoms with E-state index in [9.17, 15) is 8.42 Å². The van der Waals surface area contributed by atoms with Crippen molar-refractivity contribution < 1.29 is 8.42 Å². The van der Waals surface area contributed by atoms with E-state index in [0.29, 0.717) is 25.6 Å². The molecule has 0 bridgehead atoms. The Morgan fingerprint density at radius 2 is 2.39 bits per heavy atom. The first kappa shape index (κ1) is 14.5. The maximum Gasteiger partial charge on any atom is 0.279 e. The van der Waals surface area contributed by atoms with Crippen LogP contribution < -0.4 is 4.72 Å². The Labute approximate surface area is 121 Å². The quantitative estimate of drug-likeness (QED) is 0.905. The van der Waals surface area contributed by atoms with Crippen LogP contribution in [0.1, 0.15) is 24.6 Å². The van der Waals surface area contributed by atoms with Gasteiger partial charge in [0.25, 0.3) is 10.2 Å². The van der Waals surface area contributed by atoms with Crippen LogP contribution in [0.25, 0.3) is 0 Å². The molecule has 4 nitrogen and oxygen atoms in total. The van der Waals surface area contributed by atoms with E-state index in [0.717, 1.165) is 22.2 Å². The van der Waals surface area contributed by atoms with Gasteiger partial charge >= 0.3 is 0 Å². The van der Waals surface area contributed by atoms with E-state index in [1.807, 2.05) is 11.4 Å². The van der Waals surface area contributed by atoms with E-state index in [-0.39, 0.29) is 0 Å². The van der Waals surface area contributed by atoms with Crippen molar-refractivity contribution in [2.45, 2.75) is 26.3 Å². The highest BCUT2D eigenvalue weighted by atomic mass is 79.9. The number of hydrogen-bond acceptors (Lipinski definition) is 3. The van der Waals surface area contributed by atoms with Crippen molar-refractivity contribution in [3.63, 3.8) is 0 Å². The second-order valence-electron chi connectivity index (χ2n) is 4.66. The van der Waals surface area contributed by atoms with Gasteiger partial charge in [-0.05, 0) is 40.8 Å². The molecule has 1 atom stereocenters. The third kappa shape index (κ3) is 3.77. The molecule has 2 rings (SSSR count). The van der Waals surface area contributed by atoms with Gasteiger partial charge in [0.05, 0.1) is 0 Å². The van der Waals surface area contributed by atoms with Crippen molar-refractivity contribution in [1.29, 1.82) is 0 Å². The summed E-state index contributed by atoms with van der Waals surface area (Å²) in [6.45, 7) is 3.72. The van der Waals surface area contributed by atoms with Gasteiger partial charge in [0.1, 0.15) is 0 Å². The highest BCUT2D eigenvalue weighted by molar-refractivity contribution is 9.10. The zero-order valence-corrected chi connectivity index (χ0v) is 13.4. The van der Waals surface area contributed by atoms with Gasteiger partial charge in [-0.25, -0.2) is 0 Å². The van der Waals surface area contributed by atoms with Gasteiger partial charge < -0.3 is 0 Å². The molecule has 0 amide bonds. The summed E-state index contributed by atoms with van der Waals surface area (Å²) >= 11 is 4.90. The van der Waals surface area contributed by atoms with Gasteiger partial charge in [0.2, 0.25) is 0 Å². The normalized spacial score (nSPS) is 22.2. The molecule has 0 aliphatic carbocycles. The van der Waals surface area contributed by atoms with Crippen LogP contribution in [0.4, 0.5) is 0 Å². The van der Waals surface area contributed by atoms with Crippen LogP contribution in [-0.4, -0.2) is 25.8 Å². The van der Waals surface area contributed by atoms with Gasteiger partial charge in [0, 0.05) is 34.4 Å². The molecule has 1 aliphatic heterocycles. The Morgan fingerprint density at radius 3 is 3.00 bits per heavy atom. The number of thiophene rings is 1. The molecule has 1 N–H and O–H groups in total. The monoisotopic (exact) mass is 352 g/mol. The van der Waals surface area contributed by atoms with Crippen LogP contribution in [0.15, 0.2) is 15.9 Å². The first-order valence-electron chi connectivity index (χ1n) is 5.95. The van der Waals surface area contributed by atoms with Crippen LogP contribution in [0, 0.1) is 5.92 Å². The zero-order valence-electron chi connectivity index (χ0n) is 10.2. The molecule has 0 radical (unpaired) electrons. The molecule has 102 valence electrons. The standard InChI is InChI=1S/C11H17BrN2O2S2/c1-9-3-2-4-14(7-9)18(15,16)13-6-11-5-10(12)8-17-11/h5,8-9,13H,2-4,6-7H2,1H3. The van der Waals surface area contributed by atoms with Crippen molar-refractivity contribution in [2.75, 3.05) is 13.1 Å². The fourth-order valence-corrected chi connectivity index (χ4v) is 4.89. The van der Waals surface area contributed by atoms with Gasteiger partial charge in [-0.1, -0.05) is 6.92 Å². The van der Waals surface area contributed by atoms with Crippen LogP contribution in [-0.2, 0) is 16.8 Å². The van der Waals surface area contributed by atoms with Crippen LogP contribution in [0.3, 0.4) is 0 Å². The number of piperidine rings is 1. The molecule has 0 aromatic carbocycles. The summed E-state index contributed by atoms with van der Waals surface area (Å²) < 4.78 is 29.5. The fourth-order valence-electron chi connectivity index (χ4n) is 2.06. The molecule has 2 heterocycles. The number of rotatable bonds is 4. The summed E-state index contributed by atoms with van der Waals surface area (Å²) in [6, 6.07) is 1.94. The molecule has 1 saturated heterocycles. The summed E-state index contributed by atoms with van der Waals surface area (Å²) in [5, 5.41) is 1.95. The van der Waals surface area contributed by atoms with Crippen molar-refractivity contribution in [1.82, 2.24) is 9.03 Å². The SMILES string of the molecule is CC1CCCN(S(=O)(=O)NCc2cc(Br)cs2)C1. The molecule has 7 heteroatoms. The highest BCUT2D eigenvalue weighted by Gasteiger charge is 2.26. The topological polar surface area (TPSA) is 49.4 Å².